The van der Waals surface area contributed by atoms with E-state index in [0.29, 0.717) is 0 Å². The van der Waals surface area contributed by atoms with Gasteiger partial charge >= 0.3 is 0 Å². The summed E-state index contributed by atoms with van der Waals surface area (Å²) >= 11 is 0. The van der Waals surface area contributed by atoms with Gasteiger partial charge in [0.25, 0.3) is 23.2 Å². The molecule has 2 aromatic rings. The van der Waals surface area contributed by atoms with Gasteiger partial charge in [0, 0.05) is 29.7 Å². The smallest absolute Gasteiger partial charge is 0.270 e. The summed E-state index contributed by atoms with van der Waals surface area (Å²) in [7, 11) is 3.33. The summed E-state index contributed by atoms with van der Waals surface area (Å²) in [5.41, 5.74) is -0.794. The molecule has 0 saturated carbocycles. The molecule has 1 heterocycles. The number of hydrogen-bond donors (Lipinski definition) is 0. The SMILES string of the molecule is CC(N(C)C)N1C(=O)c2cc([N+](=O)[O-])cc3cc([N+](=O)[O-])cc(c23)C1=O. The first-order valence-corrected chi connectivity index (χ1v) is 7.58. The Balaban J connectivity index is 2.39. The second kappa shape index (κ2) is 5.85. The van der Waals surface area contributed by atoms with E-state index in [1.165, 1.54) is 0 Å². The molecule has 0 radical (unpaired) electrons. The van der Waals surface area contributed by atoms with Crippen molar-refractivity contribution >= 4 is 34.0 Å². The quantitative estimate of drug-likeness (QED) is 0.465. The second-order valence-corrected chi connectivity index (χ2v) is 6.17. The molecule has 0 saturated heterocycles. The maximum Gasteiger partial charge on any atom is 0.270 e. The van der Waals surface area contributed by atoms with Crippen LogP contribution in [0.15, 0.2) is 24.3 Å². The third-order valence-corrected chi connectivity index (χ3v) is 4.46. The Kier molecular flexibility index (Phi) is 3.92. The summed E-state index contributed by atoms with van der Waals surface area (Å²) < 4.78 is 0. The van der Waals surface area contributed by atoms with Gasteiger partial charge in [-0.05, 0) is 26.4 Å². The largest absolute Gasteiger partial charge is 0.289 e. The second-order valence-electron chi connectivity index (χ2n) is 6.17. The lowest BCUT2D eigenvalue weighted by atomic mass is 9.92. The zero-order valence-corrected chi connectivity index (χ0v) is 14.1. The van der Waals surface area contributed by atoms with Gasteiger partial charge in [-0.2, -0.15) is 0 Å². The predicted molar refractivity (Wildman–Crippen MR) is 90.9 cm³/mol. The monoisotopic (exact) mass is 358 g/mol. The van der Waals surface area contributed by atoms with E-state index in [0.717, 1.165) is 29.2 Å². The Labute approximate surface area is 146 Å². The molecule has 2 amide bonds. The summed E-state index contributed by atoms with van der Waals surface area (Å²) in [5.74, 6) is -1.35. The number of non-ortho nitro benzene ring substituents is 2. The van der Waals surface area contributed by atoms with E-state index in [1.807, 2.05) is 0 Å². The standard InChI is InChI=1S/C16H14N4O6/c1-8(17(2)3)18-15(21)12-6-10(19(23)24)4-9-5-11(20(25)26)7-13(14(9)12)16(18)22/h4-8H,1-3H3. The van der Waals surface area contributed by atoms with Crippen molar-refractivity contribution < 1.29 is 19.4 Å². The van der Waals surface area contributed by atoms with Gasteiger partial charge in [-0.25, -0.2) is 0 Å². The molecule has 10 nitrogen and oxygen atoms in total. The van der Waals surface area contributed by atoms with Gasteiger partial charge in [0.15, 0.2) is 0 Å². The van der Waals surface area contributed by atoms with Crippen LogP contribution in [0.5, 0.6) is 0 Å². The van der Waals surface area contributed by atoms with Crippen molar-refractivity contribution in [2.24, 2.45) is 0 Å². The van der Waals surface area contributed by atoms with Crippen LogP contribution >= 0.6 is 0 Å². The van der Waals surface area contributed by atoms with Crippen LogP contribution in [0.3, 0.4) is 0 Å². The highest BCUT2D eigenvalue weighted by Gasteiger charge is 2.38. The summed E-state index contributed by atoms with van der Waals surface area (Å²) in [4.78, 5) is 49.4. The Morgan fingerprint density at radius 2 is 1.35 bits per heavy atom. The average molecular weight is 358 g/mol. The lowest BCUT2D eigenvalue weighted by Crippen LogP contribution is -2.51. The fraction of sp³-hybridized carbons (Fsp3) is 0.250. The first kappa shape index (κ1) is 17.4. The molecule has 0 N–H and O–H groups in total. The normalized spacial score (nSPS) is 14.8. The maximum atomic E-state index is 12.9. The van der Waals surface area contributed by atoms with Gasteiger partial charge in [-0.1, -0.05) is 0 Å². The molecule has 1 aliphatic heterocycles. The first-order chi connectivity index (χ1) is 12.1. The van der Waals surface area contributed by atoms with Crippen molar-refractivity contribution in [1.29, 1.82) is 0 Å². The van der Waals surface area contributed by atoms with Crippen LogP contribution in [-0.2, 0) is 0 Å². The summed E-state index contributed by atoms with van der Waals surface area (Å²) in [6.45, 7) is 1.62. The molecule has 3 rings (SSSR count). The lowest BCUT2D eigenvalue weighted by Gasteiger charge is -2.34. The minimum Gasteiger partial charge on any atom is -0.289 e. The molecule has 1 atom stereocenters. The third kappa shape index (κ3) is 2.47. The topological polar surface area (TPSA) is 127 Å². The molecule has 0 aromatic heterocycles. The van der Waals surface area contributed by atoms with Crippen LogP contribution in [0, 0.1) is 20.2 Å². The number of carbonyl (C=O) groups excluding carboxylic acids is 2. The molecular weight excluding hydrogens is 344 g/mol. The van der Waals surface area contributed by atoms with Crippen LogP contribution in [0.25, 0.3) is 10.8 Å². The number of imide groups is 1. The van der Waals surface area contributed by atoms with Crippen LogP contribution < -0.4 is 0 Å². The number of rotatable bonds is 4. The van der Waals surface area contributed by atoms with Gasteiger partial charge < -0.3 is 0 Å². The molecule has 0 aliphatic carbocycles. The number of carbonyl (C=O) groups is 2. The zero-order valence-electron chi connectivity index (χ0n) is 14.1. The van der Waals surface area contributed by atoms with E-state index >= 15 is 0 Å². The van der Waals surface area contributed by atoms with E-state index < -0.39 is 27.8 Å². The number of nitro benzene ring substituents is 2. The molecule has 134 valence electrons. The highest BCUT2D eigenvalue weighted by Crippen LogP contribution is 2.36. The fourth-order valence-electron chi connectivity index (χ4n) is 2.95. The van der Waals surface area contributed by atoms with Gasteiger partial charge in [0.1, 0.15) is 0 Å². The number of nitro groups is 2. The molecule has 0 spiro atoms. The van der Waals surface area contributed by atoms with Crippen molar-refractivity contribution in [2.75, 3.05) is 14.1 Å². The molecule has 10 heteroatoms. The first-order valence-electron chi connectivity index (χ1n) is 7.58. The van der Waals surface area contributed by atoms with Crippen molar-refractivity contribution in [3.63, 3.8) is 0 Å². The Hall–Kier alpha value is -3.40. The zero-order chi connectivity index (χ0) is 19.3. The van der Waals surface area contributed by atoms with Gasteiger partial charge in [-0.3, -0.25) is 39.6 Å². The maximum absolute atomic E-state index is 12.9. The van der Waals surface area contributed by atoms with E-state index in [9.17, 15) is 29.8 Å². The number of nitrogens with zero attached hydrogens (tertiary/aromatic N) is 4. The molecule has 1 unspecified atom stereocenters. The van der Waals surface area contributed by atoms with Gasteiger partial charge in [0.05, 0.1) is 27.1 Å². The molecule has 0 fully saturated rings. The van der Waals surface area contributed by atoms with Crippen LogP contribution in [0.2, 0.25) is 0 Å². The van der Waals surface area contributed by atoms with Crippen molar-refractivity contribution in [1.82, 2.24) is 9.80 Å². The molecular formula is C16H14N4O6. The molecule has 2 aromatic carbocycles. The minimum atomic E-state index is -0.683. The van der Waals surface area contributed by atoms with E-state index in [1.54, 1.807) is 25.9 Å². The van der Waals surface area contributed by atoms with E-state index in [2.05, 4.69) is 0 Å². The highest BCUT2D eigenvalue weighted by molar-refractivity contribution is 6.26. The van der Waals surface area contributed by atoms with E-state index in [-0.39, 0.29) is 33.3 Å². The van der Waals surface area contributed by atoms with Gasteiger partial charge in [0.2, 0.25) is 0 Å². The average Bonchev–Trinajstić information content (AvgIpc) is 2.58. The highest BCUT2D eigenvalue weighted by atomic mass is 16.6. The van der Waals surface area contributed by atoms with Crippen LogP contribution in [0.4, 0.5) is 11.4 Å². The number of amides is 2. The lowest BCUT2D eigenvalue weighted by molar-refractivity contribution is -0.385. The summed E-state index contributed by atoms with van der Waals surface area (Å²) in [6, 6.07) is 4.45. The molecule has 0 bridgehead atoms. The Morgan fingerprint density at radius 3 is 1.69 bits per heavy atom. The summed E-state index contributed by atoms with van der Waals surface area (Å²) in [6.07, 6.45) is -0.642. The van der Waals surface area contributed by atoms with Crippen LogP contribution in [-0.4, -0.2) is 51.7 Å². The third-order valence-electron chi connectivity index (χ3n) is 4.46. The van der Waals surface area contributed by atoms with Crippen LogP contribution in [0.1, 0.15) is 27.6 Å². The molecule has 1 aliphatic rings. The minimum absolute atomic E-state index is 0.0209. The van der Waals surface area contributed by atoms with Gasteiger partial charge in [-0.15, -0.1) is 0 Å². The van der Waals surface area contributed by atoms with Crippen molar-refractivity contribution in [3.8, 4) is 0 Å². The fourth-order valence-corrected chi connectivity index (χ4v) is 2.95. The van der Waals surface area contributed by atoms with E-state index in [4.69, 9.17) is 0 Å². The Morgan fingerprint density at radius 1 is 0.923 bits per heavy atom. The van der Waals surface area contributed by atoms with Crippen molar-refractivity contribution in [3.05, 3.63) is 55.6 Å². The predicted octanol–water partition coefficient (Wildman–Crippen LogP) is 2.16. The number of benzene rings is 2. The summed E-state index contributed by atoms with van der Waals surface area (Å²) in [5, 5.41) is 22.7. The number of hydrogen-bond acceptors (Lipinski definition) is 7. The Bertz CT molecular complexity index is 931. The molecule has 26 heavy (non-hydrogen) atoms. The van der Waals surface area contributed by atoms with Crippen molar-refractivity contribution in [2.45, 2.75) is 13.1 Å².